The van der Waals surface area contributed by atoms with Crippen molar-refractivity contribution in [3.8, 4) is 0 Å². The van der Waals surface area contributed by atoms with E-state index in [1.807, 2.05) is 37.3 Å². The van der Waals surface area contributed by atoms with Gasteiger partial charge in [-0.2, -0.15) is 13.2 Å². The Bertz CT molecular complexity index is 991. The quantitative estimate of drug-likeness (QED) is 0.621. The number of alkyl halides is 3. The minimum atomic E-state index is -4.56. The summed E-state index contributed by atoms with van der Waals surface area (Å²) in [4.78, 5) is 12.1. The summed E-state index contributed by atoms with van der Waals surface area (Å²) in [6.45, 7) is 1.78. The summed E-state index contributed by atoms with van der Waals surface area (Å²) in [6.07, 6.45) is -2.14. The van der Waals surface area contributed by atoms with Gasteiger partial charge in [0, 0.05) is 12.2 Å². The second-order valence-corrected chi connectivity index (χ2v) is 7.04. The van der Waals surface area contributed by atoms with Crippen molar-refractivity contribution in [1.82, 2.24) is 25.2 Å². The molecule has 0 fully saturated rings. The minimum Gasteiger partial charge on any atom is -0.336 e. The second-order valence-electron chi connectivity index (χ2n) is 6.64. The molecule has 0 aliphatic heterocycles. The number of nitrogens with zero attached hydrogens (tertiary/aromatic N) is 3. The van der Waals surface area contributed by atoms with Crippen molar-refractivity contribution in [2.24, 2.45) is 0 Å². The van der Waals surface area contributed by atoms with Crippen LogP contribution in [0.4, 0.5) is 18.0 Å². The molecule has 1 atom stereocenters. The Morgan fingerprint density at radius 1 is 1.24 bits per heavy atom. The van der Waals surface area contributed by atoms with Crippen LogP contribution in [-0.4, -0.2) is 26.7 Å². The highest BCUT2D eigenvalue weighted by Gasteiger charge is 2.32. The lowest BCUT2D eigenvalue weighted by molar-refractivity contribution is -0.137. The Kier molecular flexibility index (Phi) is 6.26. The smallest absolute Gasteiger partial charge is 0.336 e. The Hall–Kier alpha value is -2.81. The van der Waals surface area contributed by atoms with Crippen LogP contribution in [-0.2, 0) is 19.1 Å². The van der Waals surface area contributed by atoms with Gasteiger partial charge in [0.2, 0.25) is 0 Å². The van der Waals surface area contributed by atoms with Crippen molar-refractivity contribution in [2.45, 2.75) is 38.5 Å². The molecule has 2 heterocycles. The molecule has 0 aliphatic carbocycles. The Labute approximate surface area is 170 Å². The van der Waals surface area contributed by atoms with Crippen LogP contribution in [0, 0.1) is 0 Å². The number of urea groups is 1. The molecule has 3 aromatic rings. The largest absolute Gasteiger partial charge is 0.417 e. The monoisotopic (exact) mass is 425 g/mol. The first-order valence-electron chi connectivity index (χ1n) is 8.92. The fourth-order valence-corrected chi connectivity index (χ4v) is 3.06. The van der Waals surface area contributed by atoms with Gasteiger partial charge in [-0.1, -0.05) is 41.9 Å². The molecule has 0 radical (unpaired) electrons. The molecule has 2 amide bonds. The summed E-state index contributed by atoms with van der Waals surface area (Å²) < 4.78 is 40.1. The molecule has 29 heavy (non-hydrogen) atoms. The number of aryl methyl sites for hydroxylation is 1. The number of halogens is 4. The van der Waals surface area contributed by atoms with Crippen LogP contribution in [0.5, 0.6) is 0 Å². The molecular formula is C19H19ClF3N5O. The van der Waals surface area contributed by atoms with Crippen LogP contribution in [0.15, 0.2) is 42.6 Å². The third kappa shape index (κ3) is 5.38. The highest BCUT2D eigenvalue weighted by molar-refractivity contribution is 6.33. The van der Waals surface area contributed by atoms with Gasteiger partial charge in [0.25, 0.3) is 0 Å². The summed E-state index contributed by atoms with van der Waals surface area (Å²) in [7, 11) is 0. The number of pyridine rings is 1. The van der Waals surface area contributed by atoms with Gasteiger partial charge in [-0.15, -0.1) is 10.2 Å². The average molecular weight is 426 g/mol. The lowest BCUT2D eigenvalue weighted by Crippen LogP contribution is -2.40. The van der Waals surface area contributed by atoms with Crippen LogP contribution >= 0.6 is 11.6 Å². The van der Waals surface area contributed by atoms with Gasteiger partial charge >= 0.3 is 12.2 Å². The predicted octanol–water partition coefficient (Wildman–Crippen LogP) is 4.22. The molecule has 6 nitrogen and oxygen atoms in total. The second kappa shape index (κ2) is 8.69. The van der Waals surface area contributed by atoms with E-state index in [4.69, 9.17) is 11.6 Å². The van der Waals surface area contributed by atoms with Gasteiger partial charge < -0.3 is 10.6 Å². The van der Waals surface area contributed by atoms with E-state index in [9.17, 15) is 18.0 Å². The zero-order valence-corrected chi connectivity index (χ0v) is 16.3. The van der Waals surface area contributed by atoms with Crippen molar-refractivity contribution in [3.63, 3.8) is 0 Å². The Balaban J connectivity index is 1.58. The maximum Gasteiger partial charge on any atom is 0.417 e. The third-order valence-corrected chi connectivity index (χ3v) is 4.63. The standard InChI is InChI=1S/C19H19ClF3N5O/c1-12(7-8-13-5-3-2-4-6-13)25-18(29)24-10-16-26-27-17-15(20)9-14(11-28(16)17)19(21,22)23/h2-6,9,11-12H,7-8,10H2,1H3,(H2,24,25,29). The molecule has 0 bridgehead atoms. The van der Waals surface area contributed by atoms with Gasteiger partial charge in [0.1, 0.15) is 0 Å². The van der Waals surface area contributed by atoms with Gasteiger partial charge in [0.15, 0.2) is 11.5 Å². The first kappa shape index (κ1) is 20.9. The molecular weight excluding hydrogens is 407 g/mol. The summed E-state index contributed by atoms with van der Waals surface area (Å²) in [5, 5.41) is 12.8. The van der Waals surface area contributed by atoms with Gasteiger partial charge in [-0.3, -0.25) is 4.40 Å². The topological polar surface area (TPSA) is 71.3 Å². The molecule has 0 aliphatic rings. The molecule has 2 N–H and O–H groups in total. The van der Waals surface area contributed by atoms with Gasteiger partial charge in [0.05, 0.1) is 17.1 Å². The summed E-state index contributed by atoms with van der Waals surface area (Å²) in [5.41, 5.74) is 0.344. The minimum absolute atomic E-state index is 0.0865. The number of carbonyl (C=O) groups excluding carboxylic acids is 1. The lowest BCUT2D eigenvalue weighted by atomic mass is 10.1. The number of rotatable bonds is 6. The Morgan fingerprint density at radius 3 is 2.66 bits per heavy atom. The van der Waals surface area contributed by atoms with Crippen LogP contribution in [0.3, 0.4) is 0 Å². The maximum absolute atomic E-state index is 13.0. The van der Waals surface area contributed by atoms with E-state index >= 15 is 0 Å². The highest BCUT2D eigenvalue weighted by atomic mass is 35.5. The fourth-order valence-electron chi connectivity index (χ4n) is 2.81. The van der Waals surface area contributed by atoms with E-state index in [0.717, 1.165) is 29.5 Å². The van der Waals surface area contributed by atoms with E-state index in [2.05, 4.69) is 20.8 Å². The van der Waals surface area contributed by atoms with E-state index in [0.29, 0.717) is 0 Å². The van der Waals surface area contributed by atoms with Gasteiger partial charge in [-0.25, -0.2) is 4.79 Å². The number of carbonyl (C=O) groups is 1. The molecule has 2 aromatic heterocycles. The number of aromatic nitrogens is 3. The molecule has 0 saturated heterocycles. The van der Waals surface area contributed by atoms with Crippen molar-refractivity contribution in [2.75, 3.05) is 0 Å². The van der Waals surface area contributed by atoms with E-state index < -0.39 is 17.8 Å². The Morgan fingerprint density at radius 2 is 1.97 bits per heavy atom. The SMILES string of the molecule is CC(CCc1ccccc1)NC(=O)NCc1nnc2c(Cl)cc(C(F)(F)F)cn12. The summed E-state index contributed by atoms with van der Waals surface area (Å²) in [6, 6.07) is 10.2. The summed E-state index contributed by atoms with van der Waals surface area (Å²) in [5.74, 6) is 0.139. The first-order chi connectivity index (χ1) is 13.7. The molecule has 10 heteroatoms. The molecule has 1 unspecified atom stereocenters. The number of fused-ring (bicyclic) bond motifs is 1. The van der Waals surface area contributed by atoms with E-state index in [1.54, 1.807) is 0 Å². The maximum atomic E-state index is 13.0. The molecule has 154 valence electrons. The average Bonchev–Trinajstić information content (AvgIpc) is 3.08. The number of nitrogens with one attached hydrogen (secondary N) is 2. The molecule has 0 spiro atoms. The number of benzene rings is 1. The van der Waals surface area contributed by atoms with Crippen LogP contribution < -0.4 is 10.6 Å². The zero-order chi connectivity index (χ0) is 21.0. The fraction of sp³-hybridized carbons (Fsp3) is 0.316. The van der Waals surface area contributed by atoms with Crippen LogP contribution in [0.2, 0.25) is 5.02 Å². The predicted molar refractivity (Wildman–Crippen MR) is 103 cm³/mol. The van der Waals surface area contributed by atoms with Crippen LogP contribution in [0.25, 0.3) is 5.65 Å². The van der Waals surface area contributed by atoms with E-state index in [-0.39, 0.29) is 29.1 Å². The van der Waals surface area contributed by atoms with Crippen molar-refractivity contribution in [1.29, 1.82) is 0 Å². The number of amides is 2. The lowest BCUT2D eigenvalue weighted by Gasteiger charge is -2.14. The van der Waals surface area contributed by atoms with E-state index in [1.165, 1.54) is 5.56 Å². The van der Waals surface area contributed by atoms with Crippen LogP contribution in [0.1, 0.15) is 30.3 Å². The number of hydrogen-bond donors (Lipinski definition) is 2. The van der Waals surface area contributed by atoms with Crippen molar-refractivity contribution < 1.29 is 18.0 Å². The van der Waals surface area contributed by atoms with Crippen molar-refractivity contribution in [3.05, 3.63) is 64.6 Å². The molecule has 1 aromatic carbocycles. The molecule has 3 rings (SSSR count). The summed E-state index contributed by atoms with van der Waals surface area (Å²) >= 11 is 5.88. The third-order valence-electron chi connectivity index (χ3n) is 4.35. The normalized spacial score (nSPS) is 12.7. The zero-order valence-electron chi connectivity index (χ0n) is 15.5. The highest BCUT2D eigenvalue weighted by Crippen LogP contribution is 2.32. The number of hydrogen-bond acceptors (Lipinski definition) is 3. The van der Waals surface area contributed by atoms with Gasteiger partial charge in [-0.05, 0) is 31.4 Å². The molecule has 0 saturated carbocycles. The first-order valence-corrected chi connectivity index (χ1v) is 9.30. The van der Waals surface area contributed by atoms with Crippen molar-refractivity contribution >= 4 is 23.3 Å².